The second-order valence-corrected chi connectivity index (χ2v) is 8.88. The molecule has 0 spiro atoms. The zero-order valence-corrected chi connectivity index (χ0v) is 19.6. The molecule has 7 nitrogen and oxygen atoms in total. The van der Waals surface area contributed by atoms with E-state index in [0.717, 1.165) is 23.3 Å². The molecular weight excluding hydrogens is 491 g/mol. The van der Waals surface area contributed by atoms with Crippen molar-refractivity contribution in [1.29, 1.82) is 0 Å². The van der Waals surface area contributed by atoms with Gasteiger partial charge in [-0.1, -0.05) is 30.3 Å². The second kappa shape index (κ2) is 9.34. The van der Waals surface area contributed by atoms with Gasteiger partial charge >= 0.3 is 18.2 Å². The Morgan fingerprint density at radius 1 is 1.08 bits per heavy atom. The summed E-state index contributed by atoms with van der Waals surface area (Å²) in [4.78, 5) is 25.3. The Morgan fingerprint density at radius 2 is 1.84 bits per heavy atom. The second-order valence-electron chi connectivity index (χ2n) is 8.88. The van der Waals surface area contributed by atoms with Crippen LogP contribution in [0.25, 0.3) is 0 Å². The fraction of sp³-hybridized carbons (Fsp3) is 0.259. The summed E-state index contributed by atoms with van der Waals surface area (Å²) in [5, 5.41) is 9.13. The van der Waals surface area contributed by atoms with Gasteiger partial charge in [-0.15, -0.1) is 0 Å². The van der Waals surface area contributed by atoms with Crippen molar-refractivity contribution in [2.75, 3.05) is 7.11 Å². The molecule has 1 saturated heterocycles. The van der Waals surface area contributed by atoms with Gasteiger partial charge in [-0.3, -0.25) is 9.69 Å². The quantitative estimate of drug-likeness (QED) is 0.433. The first kappa shape index (κ1) is 24.5. The lowest BCUT2D eigenvalue weighted by Gasteiger charge is -2.24. The van der Waals surface area contributed by atoms with Crippen molar-refractivity contribution >= 4 is 12.1 Å². The average molecular weight is 513 g/mol. The number of hydrogen-bond acceptors (Lipinski definition) is 5. The Balaban J connectivity index is 1.53. The summed E-state index contributed by atoms with van der Waals surface area (Å²) in [5.41, 5.74) is 1.57. The minimum Gasteiger partial charge on any atom is -0.493 e. The van der Waals surface area contributed by atoms with Gasteiger partial charge in [0, 0.05) is 12.0 Å². The van der Waals surface area contributed by atoms with Crippen LogP contribution in [0.15, 0.2) is 60.7 Å². The standard InChI is InChI=1S/C27H22F3NO6/c1-35-21-8-6-15(11-24(32)33)10-22(21)36-20-9-7-18(27(28,29)30)12-17(20)14-31-25-19-5-3-2-4-16(19)13-23(25)37-26(31)34/h2-10,12,23,25H,11,13-14H2,1H3,(H,32,33)/t23-,25?/m0/s1. The lowest BCUT2D eigenvalue weighted by atomic mass is 10.0. The molecule has 2 aliphatic rings. The van der Waals surface area contributed by atoms with Crippen molar-refractivity contribution in [3.05, 3.63) is 88.5 Å². The number of hydrogen-bond donors (Lipinski definition) is 1. The molecule has 0 aromatic heterocycles. The van der Waals surface area contributed by atoms with Crippen molar-refractivity contribution in [3.8, 4) is 17.2 Å². The summed E-state index contributed by atoms with van der Waals surface area (Å²) < 4.78 is 57.6. The molecule has 10 heteroatoms. The summed E-state index contributed by atoms with van der Waals surface area (Å²) in [5.74, 6) is -0.577. The highest BCUT2D eigenvalue weighted by atomic mass is 19.4. The van der Waals surface area contributed by atoms with Gasteiger partial charge in [0.2, 0.25) is 0 Å². The van der Waals surface area contributed by atoms with Crippen molar-refractivity contribution in [1.82, 2.24) is 4.90 Å². The van der Waals surface area contributed by atoms with Crippen LogP contribution in [0.2, 0.25) is 0 Å². The summed E-state index contributed by atoms with van der Waals surface area (Å²) in [6, 6.07) is 14.7. The van der Waals surface area contributed by atoms with Crippen LogP contribution in [0.3, 0.4) is 0 Å². The van der Waals surface area contributed by atoms with Crippen LogP contribution in [0.4, 0.5) is 18.0 Å². The van der Waals surface area contributed by atoms with Crippen LogP contribution in [-0.2, 0) is 35.1 Å². The lowest BCUT2D eigenvalue weighted by Crippen LogP contribution is -2.27. The number of aliphatic carboxylic acids is 1. The SMILES string of the molecule is COc1ccc(CC(=O)O)cc1Oc1ccc(C(F)(F)F)cc1CN1C(=O)O[C@H]2Cc3ccccc3C21. The largest absolute Gasteiger partial charge is 0.493 e. The highest BCUT2D eigenvalue weighted by Crippen LogP contribution is 2.45. The predicted octanol–water partition coefficient (Wildman–Crippen LogP) is 5.75. The van der Waals surface area contributed by atoms with Crippen LogP contribution in [0.5, 0.6) is 17.2 Å². The number of alkyl halides is 3. The zero-order chi connectivity index (χ0) is 26.3. The van der Waals surface area contributed by atoms with Crippen molar-refractivity contribution in [2.24, 2.45) is 0 Å². The van der Waals surface area contributed by atoms with E-state index >= 15 is 0 Å². The minimum atomic E-state index is -4.61. The molecule has 1 fully saturated rings. The van der Waals surface area contributed by atoms with Crippen LogP contribution >= 0.6 is 0 Å². The van der Waals surface area contributed by atoms with Crippen molar-refractivity contribution < 1.29 is 42.1 Å². The van der Waals surface area contributed by atoms with Gasteiger partial charge in [-0.05, 0) is 47.0 Å². The number of carboxylic acid groups (broad SMARTS) is 1. The summed E-state index contributed by atoms with van der Waals surface area (Å²) in [7, 11) is 1.39. The number of carboxylic acids is 1. The van der Waals surface area contributed by atoms with Crippen LogP contribution in [0.1, 0.15) is 33.9 Å². The Hall–Kier alpha value is -4.21. The summed E-state index contributed by atoms with van der Waals surface area (Å²) >= 11 is 0. The maximum Gasteiger partial charge on any atom is 0.416 e. The number of rotatable bonds is 7. The summed E-state index contributed by atoms with van der Waals surface area (Å²) in [6.45, 7) is -0.190. The maximum atomic E-state index is 13.6. The molecule has 3 aromatic carbocycles. The van der Waals surface area contributed by atoms with E-state index in [1.165, 1.54) is 30.2 Å². The van der Waals surface area contributed by atoms with Gasteiger partial charge in [0.05, 0.1) is 31.7 Å². The number of carbonyl (C=O) groups is 2. The molecule has 2 atom stereocenters. The van der Waals surface area contributed by atoms with E-state index in [1.54, 1.807) is 6.07 Å². The molecule has 37 heavy (non-hydrogen) atoms. The number of methoxy groups -OCH3 is 1. The smallest absolute Gasteiger partial charge is 0.416 e. The molecule has 0 bridgehead atoms. The molecule has 1 N–H and O–H groups in total. The van der Waals surface area contributed by atoms with Crippen LogP contribution in [-0.4, -0.2) is 35.3 Å². The third-order valence-electron chi connectivity index (χ3n) is 6.50. The maximum absolute atomic E-state index is 13.6. The Kier molecular flexibility index (Phi) is 6.18. The average Bonchev–Trinajstić information content (AvgIpc) is 3.34. The third-order valence-corrected chi connectivity index (χ3v) is 6.50. The van der Waals surface area contributed by atoms with Crippen molar-refractivity contribution in [2.45, 2.75) is 37.7 Å². The molecule has 5 rings (SSSR count). The molecular formula is C27H22F3NO6. The molecule has 1 unspecified atom stereocenters. The first-order valence-corrected chi connectivity index (χ1v) is 11.5. The third kappa shape index (κ3) is 4.78. The Morgan fingerprint density at radius 3 is 2.57 bits per heavy atom. The van der Waals surface area contributed by atoms with E-state index in [9.17, 15) is 22.8 Å². The van der Waals surface area contributed by atoms with Gasteiger partial charge in [-0.25, -0.2) is 4.79 Å². The molecule has 1 heterocycles. The fourth-order valence-corrected chi connectivity index (χ4v) is 4.85. The number of ether oxygens (including phenoxy) is 3. The molecule has 1 aliphatic carbocycles. The first-order chi connectivity index (χ1) is 17.6. The highest BCUT2D eigenvalue weighted by Gasteiger charge is 2.47. The van der Waals surface area contributed by atoms with E-state index in [2.05, 4.69) is 0 Å². The number of nitrogens with zero attached hydrogens (tertiary/aromatic N) is 1. The van der Waals surface area contributed by atoms with Crippen molar-refractivity contribution in [3.63, 3.8) is 0 Å². The predicted molar refractivity (Wildman–Crippen MR) is 125 cm³/mol. The van der Waals surface area contributed by atoms with Gasteiger partial charge < -0.3 is 19.3 Å². The van der Waals surface area contributed by atoms with E-state index in [4.69, 9.17) is 19.3 Å². The molecule has 0 saturated carbocycles. The van der Waals surface area contributed by atoms with Gasteiger partial charge in [0.1, 0.15) is 11.9 Å². The minimum absolute atomic E-state index is 0.0707. The molecule has 192 valence electrons. The van der Waals surface area contributed by atoms with Gasteiger partial charge in [-0.2, -0.15) is 13.2 Å². The highest BCUT2D eigenvalue weighted by molar-refractivity contribution is 5.73. The monoisotopic (exact) mass is 513 g/mol. The topological polar surface area (TPSA) is 85.3 Å². The van der Waals surface area contributed by atoms with Crippen LogP contribution in [0, 0.1) is 0 Å². The van der Waals surface area contributed by atoms with Gasteiger partial charge in [0.25, 0.3) is 0 Å². The Bertz CT molecular complexity index is 1370. The van der Waals surface area contributed by atoms with E-state index in [-0.39, 0.29) is 35.8 Å². The lowest BCUT2D eigenvalue weighted by molar-refractivity contribution is -0.138. The van der Waals surface area contributed by atoms with Gasteiger partial charge in [0.15, 0.2) is 11.5 Å². The molecule has 0 radical (unpaired) electrons. The summed E-state index contributed by atoms with van der Waals surface area (Å²) in [6.07, 6.45) is -5.40. The number of amides is 1. The first-order valence-electron chi connectivity index (χ1n) is 11.5. The number of benzene rings is 3. The molecule has 1 aliphatic heterocycles. The zero-order valence-electron chi connectivity index (χ0n) is 19.6. The van der Waals surface area contributed by atoms with Crippen LogP contribution < -0.4 is 9.47 Å². The molecule has 3 aromatic rings. The van der Waals surface area contributed by atoms with E-state index in [0.29, 0.717) is 12.0 Å². The number of halogens is 3. The molecule has 1 amide bonds. The normalized spacial score (nSPS) is 18.3. The fourth-order valence-electron chi connectivity index (χ4n) is 4.85. The van der Waals surface area contributed by atoms with E-state index in [1.807, 2.05) is 24.3 Å². The van der Waals surface area contributed by atoms with E-state index < -0.39 is 35.9 Å². The number of fused-ring (bicyclic) bond motifs is 3. The number of carbonyl (C=O) groups excluding carboxylic acids is 1. The Labute approximate surface area is 210 Å².